The molecule has 1 saturated carbocycles. The molecule has 0 bridgehead atoms. The minimum absolute atomic E-state index is 0.0140. The van der Waals surface area contributed by atoms with Crippen molar-refractivity contribution in [3.05, 3.63) is 29.8 Å². The van der Waals surface area contributed by atoms with Gasteiger partial charge in [0.25, 0.3) is 0 Å². The smallest absolute Gasteiger partial charge is 0.225 e. The van der Waals surface area contributed by atoms with Crippen LogP contribution in [0.5, 0.6) is 0 Å². The Morgan fingerprint density at radius 2 is 2.19 bits per heavy atom. The topological polar surface area (TPSA) is 52.6 Å². The molecule has 0 spiro atoms. The maximum absolute atomic E-state index is 12.1. The molecule has 0 saturated heterocycles. The molecule has 4 heteroatoms. The number of anilines is 1. The maximum atomic E-state index is 12.1. The van der Waals surface area contributed by atoms with Gasteiger partial charge in [0.05, 0.1) is 12.0 Å². The van der Waals surface area contributed by atoms with E-state index in [2.05, 4.69) is 41.4 Å². The van der Waals surface area contributed by atoms with Crippen LogP contribution in [0.15, 0.2) is 24.3 Å². The number of rotatable bonds is 4. The van der Waals surface area contributed by atoms with Crippen molar-refractivity contribution in [2.75, 3.05) is 18.0 Å². The fourth-order valence-electron chi connectivity index (χ4n) is 3.65. The van der Waals surface area contributed by atoms with Gasteiger partial charge in [0, 0.05) is 24.8 Å². The lowest BCUT2D eigenvalue weighted by molar-refractivity contribution is -0.127. The molecule has 1 aliphatic carbocycles. The van der Waals surface area contributed by atoms with Crippen molar-refractivity contribution in [3.8, 4) is 0 Å². The summed E-state index contributed by atoms with van der Waals surface area (Å²) in [5.74, 6) is -0.187. The third kappa shape index (κ3) is 2.91. The molecular weight excluding hydrogens is 264 g/mol. The van der Waals surface area contributed by atoms with Crippen molar-refractivity contribution < 1.29 is 9.90 Å². The van der Waals surface area contributed by atoms with Crippen molar-refractivity contribution in [1.29, 1.82) is 0 Å². The molecule has 3 rings (SSSR count). The van der Waals surface area contributed by atoms with E-state index in [0.29, 0.717) is 12.6 Å². The molecular formula is C17H24N2O2. The summed E-state index contributed by atoms with van der Waals surface area (Å²) in [5, 5.41) is 12.8. The van der Waals surface area contributed by atoms with Gasteiger partial charge >= 0.3 is 0 Å². The molecule has 2 N–H and O–H groups in total. The van der Waals surface area contributed by atoms with Gasteiger partial charge in [-0.2, -0.15) is 0 Å². The molecule has 1 aromatic carbocycles. The monoisotopic (exact) mass is 288 g/mol. The van der Waals surface area contributed by atoms with Crippen molar-refractivity contribution >= 4 is 11.6 Å². The number of carbonyl (C=O) groups excluding carboxylic acids is 1. The summed E-state index contributed by atoms with van der Waals surface area (Å²) in [6, 6.07) is 8.97. The molecule has 21 heavy (non-hydrogen) atoms. The maximum Gasteiger partial charge on any atom is 0.225 e. The number of hydrogen-bond acceptors (Lipinski definition) is 3. The molecule has 1 aromatic rings. The minimum atomic E-state index is -0.448. The van der Waals surface area contributed by atoms with E-state index in [1.807, 2.05) is 0 Å². The Morgan fingerprint density at radius 3 is 2.95 bits per heavy atom. The van der Waals surface area contributed by atoms with Crippen LogP contribution in [0.1, 0.15) is 31.7 Å². The average Bonchev–Trinajstić information content (AvgIpc) is 3.03. The molecule has 1 fully saturated rings. The van der Waals surface area contributed by atoms with E-state index in [4.69, 9.17) is 0 Å². The van der Waals surface area contributed by atoms with Gasteiger partial charge < -0.3 is 15.3 Å². The highest BCUT2D eigenvalue weighted by molar-refractivity contribution is 5.79. The Labute approximate surface area is 126 Å². The molecule has 3 unspecified atom stereocenters. The standard InChI is InChI=1S/C17H24N2O2/c1-12-11-13-5-2-3-7-15(13)19(12)10-9-18-17(21)14-6-4-8-16(14)20/h2-3,5,7,12,14,16,20H,4,6,8-11H2,1H3,(H,18,21). The third-order valence-electron chi connectivity index (χ3n) is 4.82. The second-order valence-corrected chi connectivity index (χ2v) is 6.27. The van der Waals surface area contributed by atoms with Crippen molar-refractivity contribution in [2.24, 2.45) is 5.92 Å². The van der Waals surface area contributed by atoms with E-state index in [1.54, 1.807) is 0 Å². The van der Waals surface area contributed by atoms with Crippen LogP contribution >= 0.6 is 0 Å². The molecule has 4 nitrogen and oxygen atoms in total. The highest BCUT2D eigenvalue weighted by atomic mass is 16.3. The predicted molar refractivity (Wildman–Crippen MR) is 83.3 cm³/mol. The fourth-order valence-corrected chi connectivity index (χ4v) is 3.65. The van der Waals surface area contributed by atoms with Gasteiger partial charge in [-0.05, 0) is 44.2 Å². The SMILES string of the molecule is CC1Cc2ccccc2N1CCNC(=O)C1CCCC1O. The Kier molecular flexibility index (Phi) is 4.15. The number of benzene rings is 1. The van der Waals surface area contributed by atoms with E-state index in [-0.39, 0.29) is 11.8 Å². The number of hydrogen-bond donors (Lipinski definition) is 2. The Morgan fingerprint density at radius 1 is 1.38 bits per heavy atom. The second kappa shape index (κ2) is 6.06. The van der Waals surface area contributed by atoms with Gasteiger partial charge in [-0.15, -0.1) is 0 Å². The zero-order valence-corrected chi connectivity index (χ0v) is 12.6. The van der Waals surface area contributed by atoms with Gasteiger partial charge in [0.15, 0.2) is 0 Å². The highest BCUT2D eigenvalue weighted by Gasteiger charge is 2.31. The van der Waals surface area contributed by atoms with Crippen LogP contribution < -0.4 is 10.2 Å². The third-order valence-corrected chi connectivity index (χ3v) is 4.82. The first-order valence-corrected chi connectivity index (χ1v) is 7.97. The number of fused-ring (bicyclic) bond motifs is 1. The Balaban J connectivity index is 1.53. The fraction of sp³-hybridized carbons (Fsp3) is 0.588. The minimum Gasteiger partial charge on any atom is -0.392 e. The summed E-state index contributed by atoms with van der Waals surface area (Å²) in [6.45, 7) is 3.69. The summed E-state index contributed by atoms with van der Waals surface area (Å²) < 4.78 is 0. The number of nitrogens with zero attached hydrogens (tertiary/aromatic N) is 1. The number of aliphatic hydroxyl groups excluding tert-OH is 1. The van der Waals surface area contributed by atoms with Crippen molar-refractivity contribution in [2.45, 2.75) is 44.8 Å². The zero-order chi connectivity index (χ0) is 14.8. The molecule has 114 valence electrons. The highest BCUT2D eigenvalue weighted by Crippen LogP contribution is 2.31. The molecule has 3 atom stereocenters. The van der Waals surface area contributed by atoms with E-state index >= 15 is 0 Å². The normalized spacial score (nSPS) is 27.7. The van der Waals surface area contributed by atoms with Gasteiger partial charge in [-0.1, -0.05) is 18.2 Å². The van der Waals surface area contributed by atoms with Crippen LogP contribution in [0.25, 0.3) is 0 Å². The molecule has 1 heterocycles. The van der Waals surface area contributed by atoms with Crippen LogP contribution in [-0.2, 0) is 11.2 Å². The number of carbonyl (C=O) groups is 1. The summed E-state index contributed by atoms with van der Waals surface area (Å²) >= 11 is 0. The first kappa shape index (κ1) is 14.4. The first-order valence-electron chi connectivity index (χ1n) is 7.97. The van der Waals surface area contributed by atoms with Crippen LogP contribution in [0.4, 0.5) is 5.69 Å². The van der Waals surface area contributed by atoms with Crippen LogP contribution in [0, 0.1) is 5.92 Å². The van der Waals surface area contributed by atoms with Crippen LogP contribution in [-0.4, -0.2) is 36.2 Å². The predicted octanol–water partition coefficient (Wildman–Crippen LogP) is 1.71. The van der Waals surface area contributed by atoms with E-state index in [1.165, 1.54) is 11.3 Å². The molecule has 0 aromatic heterocycles. The van der Waals surface area contributed by atoms with E-state index in [0.717, 1.165) is 32.2 Å². The molecule has 1 amide bonds. The molecule has 1 aliphatic heterocycles. The largest absolute Gasteiger partial charge is 0.392 e. The summed E-state index contributed by atoms with van der Waals surface area (Å²) in [4.78, 5) is 14.4. The summed E-state index contributed by atoms with van der Waals surface area (Å²) in [5.41, 5.74) is 2.68. The lowest BCUT2D eigenvalue weighted by atomic mass is 10.1. The van der Waals surface area contributed by atoms with E-state index < -0.39 is 6.10 Å². The average molecular weight is 288 g/mol. The second-order valence-electron chi connectivity index (χ2n) is 6.27. The van der Waals surface area contributed by atoms with Gasteiger partial charge in [0.1, 0.15) is 0 Å². The summed E-state index contributed by atoms with van der Waals surface area (Å²) in [7, 11) is 0. The number of para-hydroxylation sites is 1. The van der Waals surface area contributed by atoms with Crippen molar-refractivity contribution in [3.63, 3.8) is 0 Å². The van der Waals surface area contributed by atoms with Crippen LogP contribution in [0.3, 0.4) is 0 Å². The lowest BCUT2D eigenvalue weighted by Crippen LogP contribution is -2.41. The lowest BCUT2D eigenvalue weighted by Gasteiger charge is -2.25. The number of aliphatic hydroxyl groups is 1. The summed E-state index contributed by atoms with van der Waals surface area (Å²) in [6.07, 6.45) is 3.16. The van der Waals surface area contributed by atoms with Gasteiger partial charge in [-0.25, -0.2) is 0 Å². The van der Waals surface area contributed by atoms with Gasteiger partial charge in [-0.3, -0.25) is 4.79 Å². The molecule has 2 aliphatic rings. The number of nitrogens with one attached hydrogen (secondary N) is 1. The number of amides is 1. The van der Waals surface area contributed by atoms with Crippen LogP contribution in [0.2, 0.25) is 0 Å². The Hall–Kier alpha value is -1.55. The quantitative estimate of drug-likeness (QED) is 0.887. The van der Waals surface area contributed by atoms with Crippen molar-refractivity contribution in [1.82, 2.24) is 5.32 Å². The first-order chi connectivity index (χ1) is 10.2. The van der Waals surface area contributed by atoms with E-state index in [9.17, 15) is 9.90 Å². The Bertz CT molecular complexity index is 517. The molecule has 0 radical (unpaired) electrons. The van der Waals surface area contributed by atoms with Gasteiger partial charge in [0.2, 0.25) is 5.91 Å². The zero-order valence-electron chi connectivity index (χ0n) is 12.6.